The van der Waals surface area contributed by atoms with Gasteiger partial charge in [0.1, 0.15) is 6.33 Å². The summed E-state index contributed by atoms with van der Waals surface area (Å²) in [5, 5.41) is 3.12. The van der Waals surface area contributed by atoms with Crippen LogP contribution in [0.25, 0.3) is 0 Å². The highest BCUT2D eigenvalue weighted by Crippen LogP contribution is 2.25. The molecule has 0 radical (unpaired) electrons. The second kappa shape index (κ2) is 7.67. The molecule has 8 nitrogen and oxygen atoms in total. The molecule has 142 valence electrons. The zero-order chi connectivity index (χ0) is 18.8. The van der Waals surface area contributed by atoms with Gasteiger partial charge in [0.2, 0.25) is 5.91 Å². The van der Waals surface area contributed by atoms with E-state index in [0.717, 1.165) is 19.5 Å². The van der Waals surface area contributed by atoms with Crippen LogP contribution >= 0.6 is 0 Å². The third-order valence-corrected chi connectivity index (χ3v) is 5.18. The maximum absolute atomic E-state index is 12.6. The van der Waals surface area contributed by atoms with Crippen LogP contribution in [0.2, 0.25) is 0 Å². The number of morpholine rings is 1. The quantitative estimate of drug-likeness (QED) is 0.821. The SMILES string of the molecule is Cc1ncnc(C)c1C(=O)N[C@@H]1C[C@H]2CO[C@@H](CC(=O)N(C)C)CN2C1. The van der Waals surface area contributed by atoms with Gasteiger partial charge in [-0.1, -0.05) is 0 Å². The summed E-state index contributed by atoms with van der Waals surface area (Å²) in [5.74, 6) is -0.0433. The van der Waals surface area contributed by atoms with Gasteiger partial charge < -0.3 is 15.0 Å². The Morgan fingerprint density at radius 2 is 1.96 bits per heavy atom. The van der Waals surface area contributed by atoms with Crippen LogP contribution in [-0.4, -0.2) is 83.6 Å². The first-order valence-electron chi connectivity index (χ1n) is 9.00. The number of rotatable bonds is 4. The Kier molecular flexibility index (Phi) is 5.52. The lowest BCUT2D eigenvalue weighted by atomic mass is 10.1. The lowest BCUT2D eigenvalue weighted by Gasteiger charge is -2.35. The number of aromatic nitrogens is 2. The minimum Gasteiger partial charge on any atom is -0.375 e. The smallest absolute Gasteiger partial charge is 0.255 e. The van der Waals surface area contributed by atoms with E-state index in [0.29, 0.717) is 36.0 Å². The van der Waals surface area contributed by atoms with Crippen LogP contribution in [-0.2, 0) is 9.53 Å². The molecule has 8 heteroatoms. The van der Waals surface area contributed by atoms with E-state index in [2.05, 4.69) is 20.2 Å². The topological polar surface area (TPSA) is 87.7 Å². The number of aryl methyl sites for hydroxylation is 2. The lowest BCUT2D eigenvalue weighted by molar-refractivity contribution is -0.134. The molecule has 0 unspecified atom stereocenters. The zero-order valence-electron chi connectivity index (χ0n) is 15.9. The lowest BCUT2D eigenvalue weighted by Crippen LogP contribution is -2.47. The molecule has 0 aromatic carbocycles. The highest BCUT2D eigenvalue weighted by molar-refractivity contribution is 5.96. The largest absolute Gasteiger partial charge is 0.375 e. The monoisotopic (exact) mass is 361 g/mol. The minimum absolute atomic E-state index is 0.0680. The van der Waals surface area contributed by atoms with E-state index in [9.17, 15) is 9.59 Å². The van der Waals surface area contributed by atoms with E-state index < -0.39 is 0 Å². The Hall–Kier alpha value is -2.06. The first kappa shape index (κ1) is 18.7. The van der Waals surface area contributed by atoms with E-state index in [1.54, 1.807) is 19.0 Å². The second-order valence-electron chi connectivity index (χ2n) is 7.38. The predicted molar refractivity (Wildman–Crippen MR) is 95.8 cm³/mol. The van der Waals surface area contributed by atoms with E-state index in [-0.39, 0.29) is 24.0 Å². The molecular formula is C18H27N5O3. The van der Waals surface area contributed by atoms with Crippen LogP contribution in [0.1, 0.15) is 34.6 Å². The molecule has 1 N–H and O–H groups in total. The van der Waals surface area contributed by atoms with Gasteiger partial charge in [0, 0.05) is 39.3 Å². The first-order valence-corrected chi connectivity index (χ1v) is 9.00. The maximum Gasteiger partial charge on any atom is 0.255 e. The minimum atomic E-state index is -0.120. The zero-order valence-corrected chi connectivity index (χ0v) is 15.9. The van der Waals surface area contributed by atoms with Crippen molar-refractivity contribution in [3.8, 4) is 0 Å². The summed E-state index contributed by atoms with van der Waals surface area (Å²) in [6, 6.07) is 0.360. The third-order valence-electron chi connectivity index (χ3n) is 5.18. The Morgan fingerprint density at radius 3 is 2.62 bits per heavy atom. The average molecular weight is 361 g/mol. The fourth-order valence-corrected chi connectivity index (χ4v) is 3.73. The van der Waals surface area contributed by atoms with Gasteiger partial charge in [0.25, 0.3) is 5.91 Å². The molecule has 2 aliphatic rings. The number of fused-ring (bicyclic) bond motifs is 1. The molecule has 1 aromatic heterocycles. The van der Waals surface area contributed by atoms with Gasteiger partial charge in [-0.25, -0.2) is 9.97 Å². The van der Waals surface area contributed by atoms with E-state index in [1.807, 2.05) is 13.8 Å². The summed E-state index contributed by atoms with van der Waals surface area (Å²) in [5.41, 5.74) is 1.94. The van der Waals surface area contributed by atoms with Crippen molar-refractivity contribution >= 4 is 11.8 Å². The highest BCUT2D eigenvalue weighted by atomic mass is 16.5. The van der Waals surface area contributed by atoms with Crippen molar-refractivity contribution in [2.24, 2.45) is 0 Å². The summed E-state index contributed by atoms with van der Waals surface area (Å²) < 4.78 is 5.87. The molecule has 2 fully saturated rings. The fraction of sp³-hybridized carbons (Fsp3) is 0.667. The molecule has 2 aliphatic heterocycles. The average Bonchev–Trinajstić information content (AvgIpc) is 2.95. The van der Waals surface area contributed by atoms with Crippen molar-refractivity contribution in [3.05, 3.63) is 23.3 Å². The number of hydrogen-bond donors (Lipinski definition) is 1. The van der Waals surface area contributed by atoms with Crippen LogP contribution < -0.4 is 5.32 Å². The number of nitrogens with zero attached hydrogens (tertiary/aromatic N) is 4. The molecular weight excluding hydrogens is 334 g/mol. The van der Waals surface area contributed by atoms with Crippen LogP contribution in [0.15, 0.2) is 6.33 Å². The number of nitrogens with one attached hydrogen (secondary N) is 1. The summed E-state index contributed by atoms with van der Waals surface area (Å²) in [6.07, 6.45) is 2.64. The Morgan fingerprint density at radius 1 is 1.27 bits per heavy atom. The van der Waals surface area contributed by atoms with Gasteiger partial charge in [0.05, 0.1) is 36.1 Å². The van der Waals surface area contributed by atoms with Crippen molar-refractivity contribution in [2.45, 2.75) is 44.9 Å². The molecule has 0 saturated carbocycles. The molecule has 26 heavy (non-hydrogen) atoms. The number of ether oxygens (including phenoxy) is 1. The van der Waals surface area contributed by atoms with Crippen LogP contribution in [0.5, 0.6) is 0 Å². The Bertz CT molecular complexity index is 673. The maximum atomic E-state index is 12.6. The second-order valence-corrected chi connectivity index (χ2v) is 7.38. The summed E-state index contributed by atoms with van der Waals surface area (Å²) >= 11 is 0. The summed E-state index contributed by atoms with van der Waals surface area (Å²) in [4.78, 5) is 36.7. The molecule has 1 aromatic rings. The van der Waals surface area contributed by atoms with Crippen molar-refractivity contribution in [1.29, 1.82) is 0 Å². The standard InChI is InChI=1S/C18H27N5O3/c1-11-17(12(2)20-10-19-11)18(25)21-13-5-14-9-26-15(8-23(14)7-13)6-16(24)22(3)4/h10,13-15H,5-9H2,1-4H3,(H,21,25)/t13-,14+,15+/m1/s1. The predicted octanol–water partition coefficient (Wildman–Crippen LogP) is 0.143. The van der Waals surface area contributed by atoms with Gasteiger partial charge in [-0.15, -0.1) is 0 Å². The van der Waals surface area contributed by atoms with Crippen LogP contribution in [0.3, 0.4) is 0 Å². The van der Waals surface area contributed by atoms with Crippen LogP contribution in [0, 0.1) is 13.8 Å². The summed E-state index contributed by atoms with van der Waals surface area (Å²) in [6.45, 7) is 5.75. The Labute approximate surface area is 153 Å². The van der Waals surface area contributed by atoms with Gasteiger partial charge in [-0.2, -0.15) is 0 Å². The van der Waals surface area contributed by atoms with E-state index in [4.69, 9.17) is 4.74 Å². The normalized spacial score (nSPS) is 25.6. The van der Waals surface area contributed by atoms with Crippen molar-refractivity contribution in [2.75, 3.05) is 33.8 Å². The highest BCUT2D eigenvalue weighted by Gasteiger charge is 2.38. The molecule has 2 amide bonds. The van der Waals surface area contributed by atoms with Crippen molar-refractivity contribution in [1.82, 2.24) is 25.1 Å². The molecule has 3 atom stereocenters. The number of hydrogen-bond acceptors (Lipinski definition) is 6. The van der Waals surface area contributed by atoms with Crippen LogP contribution in [0.4, 0.5) is 0 Å². The van der Waals surface area contributed by atoms with Gasteiger partial charge in [-0.05, 0) is 20.3 Å². The Balaban J connectivity index is 1.57. The van der Waals surface area contributed by atoms with Gasteiger partial charge in [0.15, 0.2) is 0 Å². The van der Waals surface area contributed by atoms with Gasteiger partial charge in [-0.3, -0.25) is 14.5 Å². The molecule has 3 rings (SSSR count). The molecule has 0 aliphatic carbocycles. The van der Waals surface area contributed by atoms with E-state index in [1.165, 1.54) is 6.33 Å². The first-order chi connectivity index (χ1) is 12.3. The third kappa shape index (κ3) is 4.02. The number of carbonyl (C=O) groups excluding carboxylic acids is 2. The molecule has 0 bridgehead atoms. The van der Waals surface area contributed by atoms with Gasteiger partial charge >= 0.3 is 0 Å². The van der Waals surface area contributed by atoms with Crippen molar-refractivity contribution < 1.29 is 14.3 Å². The number of amides is 2. The van der Waals surface area contributed by atoms with Crippen molar-refractivity contribution in [3.63, 3.8) is 0 Å². The number of carbonyl (C=O) groups is 2. The fourth-order valence-electron chi connectivity index (χ4n) is 3.73. The molecule has 3 heterocycles. The molecule has 0 spiro atoms. The van der Waals surface area contributed by atoms with E-state index >= 15 is 0 Å². The molecule has 2 saturated heterocycles. The summed E-state index contributed by atoms with van der Waals surface area (Å²) in [7, 11) is 3.51.